The van der Waals surface area contributed by atoms with Gasteiger partial charge in [0.1, 0.15) is 0 Å². The predicted octanol–water partition coefficient (Wildman–Crippen LogP) is 3.89. The van der Waals surface area contributed by atoms with Crippen molar-refractivity contribution in [3.63, 3.8) is 0 Å². The lowest BCUT2D eigenvalue weighted by atomic mass is 9.67. The van der Waals surface area contributed by atoms with Gasteiger partial charge >= 0.3 is 0 Å². The van der Waals surface area contributed by atoms with Gasteiger partial charge in [0.2, 0.25) is 0 Å². The van der Waals surface area contributed by atoms with Crippen molar-refractivity contribution in [1.82, 2.24) is 15.1 Å². The summed E-state index contributed by atoms with van der Waals surface area (Å²) in [5.74, 6) is 0.987. The number of aryl methyl sites for hydroxylation is 1. The third kappa shape index (κ3) is 4.15. The van der Waals surface area contributed by atoms with Gasteiger partial charge in [0.25, 0.3) is 5.91 Å². The summed E-state index contributed by atoms with van der Waals surface area (Å²) in [6, 6.07) is 7.95. The first-order valence-corrected chi connectivity index (χ1v) is 9.77. The van der Waals surface area contributed by atoms with Gasteiger partial charge in [-0.15, -0.1) is 12.4 Å². The monoisotopic (exact) mass is 408 g/mol. The lowest BCUT2D eigenvalue weighted by molar-refractivity contribution is 0.0755. The Bertz CT molecular complexity index is 791. The Labute approximate surface area is 171 Å². The van der Waals surface area contributed by atoms with Crippen LogP contribution in [0.15, 0.2) is 30.5 Å². The molecule has 27 heavy (non-hydrogen) atoms. The third-order valence-electron chi connectivity index (χ3n) is 5.91. The van der Waals surface area contributed by atoms with Crippen molar-refractivity contribution in [3.8, 4) is 5.69 Å². The highest BCUT2D eigenvalue weighted by atomic mass is 35.5. The van der Waals surface area contributed by atoms with Crippen LogP contribution in [0.2, 0.25) is 5.02 Å². The molecule has 2 saturated carbocycles. The Kier molecular flexibility index (Phi) is 6.14. The molecule has 4 rings (SSSR count). The molecule has 1 aromatic carbocycles. The number of nitrogens with one attached hydrogen (secondary N) is 1. The minimum atomic E-state index is -0.0277. The molecule has 2 fully saturated rings. The number of carbonyl (C=O) groups excluding carboxylic acids is 1. The molecule has 2 bridgehead atoms. The second-order valence-corrected chi connectivity index (χ2v) is 8.17. The molecular weight excluding hydrogens is 383 g/mol. The van der Waals surface area contributed by atoms with E-state index in [1.165, 1.54) is 6.42 Å². The van der Waals surface area contributed by atoms with Crippen LogP contribution in [0.5, 0.6) is 0 Å². The standard InChI is InChI=1S/C20H25ClN4O.ClH/c1-12-18(11-25(24-12)17-7-5-15(21)6-8-17)20(26)23-19-13-3-2-4-14(19)10-16(22)9-13;/h5-8,11,13-14,16,19H,2-4,9-10,22H2,1H3,(H,23,26);1H. The summed E-state index contributed by atoms with van der Waals surface area (Å²) in [4.78, 5) is 12.9. The number of halogens is 2. The molecule has 0 spiro atoms. The summed E-state index contributed by atoms with van der Waals surface area (Å²) in [5, 5.41) is 8.48. The predicted molar refractivity (Wildman–Crippen MR) is 110 cm³/mol. The summed E-state index contributed by atoms with van der Waals surface area (Å²) in [6.07, 6.45) is 7.42. The number of carbonyl (C=O) groups is 1. The van der Waals surface area contributed by atoms with Crippen LogP contribution in [-0.2, 0) is 0 Å². The molecule has 2 unspecified atom stereocenters. The maximum atomic E-state index is 12.9. The molecule has 5 nitrogen and oxygen atoms in total. The van der Waals surface area contributed by atoms with Gasteiger partial charge < -0.3 is 11.1 Å². The van der Waals surface area contributed by atoms with Crippen molar-refractivity contribution < 1.29 is 4.79 Å². The van der Waals surface area contributed by atoms with E-state index in [0.717, 1.165) is 37.1 Å². The number of benzene rings is 1. The van der Waals surface area contributed by atoms with E-state index in [4.69, 9.17) is 17.3 Å². The van der Waals surface area contributed by atoms with Crippen LogP contribution in [0.3, 0.4) is 0 Å². The summed E-state index contributed by atoms with van der Waals surface area (Å²) in [5.41, 5.74) is 8.45. The number of nitrogens with two attached hydrogens (primary N) is 1. The van der Waals surface area contributed by atoms with Crippen molar-refractivity contribution in [2.75, 3.05) is 0 Å². The van der Waals surface area contributed by atoms with Crippen LogP contribution >= 0.6 is 24.0 Å². The van der Waals surface area contributed by atoms with E-state index in [-0.39, 0.29) is 30.4 Å². The Morgan fingerprint density at radius 2 is 1.85 bits per heavy atom. The van der Waals surface area contributed by atoms with E-state index in [1.807, 2.05) is 31.2 Å². The number of aromatic nitrogens is 2. The maximum Gasteiger partial charge on any atom is 0.254 e. The van der Waals surface area contributed by atoms with Crippen LogP contribution in [-0.4, -0.2) is 27.8 Å². The smallest absolute Gasteiger partial charge is 0.254 e. The summed E-state index contributed by atoms with van der Waals surface area (Å²) < 4.78 is 1.73. The molecule has 3 N–H and O–H groups in total. The zero-order valence-electron chi connectivity index (χ0n) is 15.4. The fourth-order valence-corrected chi connectivity index (χ4v) is 4.79. The highest BCUT2D eigenvalue weighted by molar-refractivity contribution is 6.30. The first-order valence-electron chi connectivity index (χ1n) is 9.40. The molecule has 1 amide bonds. The minimum Gasteiger partial charge on any atom is -0.349 e. The first-order chi connectivity index (χ1) is 12.5. The second-order valence-electron chi connectivity index (χ2n) is 7.73. The topological polar surface area (TPSA) is 72.9 Å². The van der Waals surface area contributed by atoms with Gasteiger partial charge in [0, 0.05) is 23.3 Å². The Hall–Kier alpha value is -1.56. The maximum absolute atomic E-state index is 12.9. The van der Waals surface area contributed by atoms with E-state index in [0.29, 0.717) is 22.4 Å². The van der Waals surface area contributed by atoms with Crippen molar-refractivity contribution in [1.29, 1.82) is 0 Å². The number of hydrogen-bond acceptors (Lipinski definition) is 3. The summed E-state index contributed by atoms with van der Waals surface area (Å²) in [6.45, 7) is 1.87. The molecule has 2 aromatic rings. The number of nitrogens with zero attached hydrogens (tertiary/aromatic N) is 2. The highest BCUT2D eigenvalue weighted by Crippen LogP contribution is 2.39. The van der Waals surface area contributed by atoms with Gasteiger partial charge in [-0.25, -0.2) is 4.68 Å². The van der Waals surface area contributed by atoms with Crippen LogP contribution in [0.4, 0.5) is 0 Å². The molecule has 0 aliphatic heterocycles. The summed E-state index contributed by atoms with van der Waals surface area (Å²) in [7, 11) is 0. The Balaban J connectivity index is 0.00000210. The number of fused-ring (bicyclic) bond motifs is 2. The average Bonchev–Trinajstić information content (AvgIpc) is 2.98. The van der Waals surface area contributed by atoms with E-state index in [2.05, 4.69) is 10.4 Å². The molecule has 1 heterocycles. The SMILES string of the molecule is Cc1nn(-c2ccc(Cl)cc2)cc1C(=O)NC1C2CCCC1CC(N)C2.Cl. The Morgan fingerprint density at radius 3 is 2.48 bits per heavy atom. The second kappa shape index (κ2) is 8.21. The van der Waals surface area contributed by atoms with Gasteiger partial charge in [-0.3, -0.25) is 4.79 Å². The zero-order chi connectivity index (χ0) is 18.3. The van der Waals surface area contributed by atoms with E-state index >= 15 is 0 Å². The molecule has 2 aliphatic rings. The van der Waals surface area contributed by atoms with Crippen molar-refractivity contribution in [3.05, 3.63) is 46.7 Å². The first kappa shape index (κ1) is 20.2. The third-order valence-corrected chi connectivity index (χ3v) is 6.16. The van der Waals surface area contributed by atoms with Gasteiger partial charge in [-0.1, -0.05) is 18.0 Å². The fourth-order valence-electron chi connectivity index (χ4n) is 4.66. The normalized spacial score (nSPS) is 26.9. The molecule has 7 heteroatoms. The van der Waals surface area contributed by atoms with E-state index in [1.54, 1.807) is 10.9 Å². The van der Waals surface area contributed by atoms with E-state index in [9.17, 15) is 4.79 Å². The largest absolute Gasteiger partial charge is 0.349 e. The van der Waals surface area contributed by atoms with Crippen molar-refractivity contribution >= 4 is 29.9 Å². The molecule has 1 aromatic heterocycles. The molecule has 2 aliphatic carbocycles. The van der Waals surface area contributed by atoms with Crippen molar-refractivity contribution in [2.45, 2.75) is 51.1 Å². The average molecular weight is 409 g/mol. The molecule has 146 valence electrons. The lowest BCUT2D eigenvalue weighted by Crippen LogP contribution is -2.53. The number of amides is 1. The number of hydrogen-bond donors (Lipinski definition) is 2. The molecule has 0 radical (unpaired) electrons. The van der Waals surface area contributed by atoms with Gasteiger partial charge in [-0.05, 0) is 68.7 Å². The Morgan fingerprint density at radius 1 is 1.22 bits per heavy atom. The lowest BCUT2D eigenvalue weighted by Gasteiger charge is -2.45. The summed E-state index contributed by atoms with van der Waals surface area (Å²) >= 11 is 5.95. The van der Waals surface area contributed by atoms with Gasteiger partial charge in [0.05, 0.1) is 16.9 Å². The van der Waals surface area contributed by atoms with Crippen LogP contribution < -0.4 is 11.1 Å². The van der Waals surface area contributed by atoms with Crippen LogP contribution in [0.25, 0.3) is 5.69 Å². The van der Waals surface area contributed by atoms with Crippen LogP contribution in [0, 0.1) is 18.8 Å². The minimum absolute atomic E-state index is 0. The number of rotatable bonds is 3. The van der Waals surface area contributed by atoms with Gasteiger partial charge in [0.15, 0.2) is 0 Å². The fraction of sp³-hybridized carbons (Fsp3) is 0.500. The van der Waals surface area contributed by atoms with Crippen molar-refractivity contribution in [2.24, 2.45) is 17.6 Å². The quantitative estimate of drug-likeness (QED) is 0.808. The van der Waals surface area contributed by atoms with E-state index < -0.39 is 0 Å². The highest BCUT2D eigenvalue weighted by Gasteiger charge is 2.40. The molecule has 0 saturated heterocycles. The molecule has 2 atom stereocenters. The van der Waals surface area contributed by atoms with Gasteiger partial charge in [-0.2, -0.15) is 5.10 Å². The van der Waals surface area contributed by atoms with Crippen LogP contribution in [0.1, 0.15) is 48.2 Å². The zero-order valence-corrected chi connectivity index (χ0v) is 17.0. The molecular formula is C20H26Cl2N4O.